The number of morpholine rings is 1. The highest BCUT2D eigenvalue weighted by Gasteiger charge is 2.32. The summed E-state index contributed by atoms with van der Waals surface area (Å²) in [5.74, 6) is 0. The van der Waals surface area contributed by atoms with Crippen molar-refractivity contribution in [3.05, 3.63) is 34.9 Å². The zero-order chi connectivity index (χ0) is 17.1. The Balaban J connectivity index is 1.42. The third-order valence-corrected chi connectivity index (χ3v) is 6.52. The van der Waals surface area contributed by atoms with Gasteiger partial charge in [-0.25, -0.2) is 0 Å². The van der Waals surface area contributed by atoms with Gasteiger partial charge in [0.15, 0.2) is 0 Å². The molecule has 0 spiro atoms. The monoisotopic (exact) mass is 363 g/mol. The van der Waals surface area contributed by atoms with Crippen LogP contribution in [0.3, 0.4) is 0 Å². The smallest absolute Gasteiger partial charge is 0.0594 e. The number of halogens is 1. The van der Waals surface area contributed by atoms with Crippen molar-refractivity contribution in [2.75, 3.05) is 45.9 Å². The fourth-order valence-electron chi connectivity index (χ4n) is 4.76. The zero-order valence-corrected chi connectivity index (χ0v) is 15.8. The molecule has 1 aromatic carbocycles. The summed E-state index contributed by atoms with van der Waals surface area (Å²) < 4.78 is 5.56. The molecule has 5 heteroatoms. The average molecular weight is 364 g/mol. The minimum Gasteiger partial charge on any atom is -0.379 e. The number of fused-ring (bicyclic) bond motifs is 1. The van der Waals surface area contributed by atoms with Crippen LogP contribution in [-0.2, 0) is 4.74 Å². The fourth-order valence-corrected chi connectivity index (χ4v) is 5.02. The van der Waals surface area contributed by atoms with E-state index >= 15 is 0 Å². The maximum Gasteiger partial charge on any atom is 0.0594 e. The van der Waals surface area contributed by atoms with Crippen LogP contribution < -0.4 is 5.32 Å². The lowest BCUT2D eigenvalue weighted by atomic mass is 9.96. The summed E-state index contributed by atoms with van der Waals surface area (Å²) in [5.41, 5.74) is 1.25. The summed E-state index contributed by atoms with van der Waals surface area (Å²) in [5, 5.41) is 4.77. The summed E-state index contributed by atoms with van der Waals surface area (Å²) in [6.07, 6.45) is 5.34. The minimum atomic E-state index is 0.333. The van der Waals surface area contributed by atoms with Gasteiger partial charge in [-0.3, -0.25) is 4.90 Å². The van der Waals surface area contributed by atoms with Crippen LogP contribution in [0.25, 0.3) is 0 Å². The second-order valence-electron chi connectivity index (χ2n) is 7.65. The summed E-state index contributed by atoms with van der Waals surface area (Å²) in [6.45, 7) is 7.16. The Morgan fingerprint density at radius 1 is 1.12 bits per heavy atom. The van der Waals surface area contributed by atoms with Crippen molar-refractivity contribution in [2.24, 2.45) is 0 Å². The van der Waals surface area contributed by atoms with E-state index in [9.17, 15) is 0 Å². The molecule has 3 aliphatic rings. The predicted octanol–water partition coefficient (Wildman–Crippen LogP) is 2.93. The van der Waals surface area contributed by atoms with Crippen molar-refractivity contribution in [3.63, 3.8) is 0 Å². The molecule has 4 nitrogen and oxygen atoms in total. The Morgan fingerprint density at radius 2 is 1.96 bits per heavy atom. The van der Waals surface area contributed by atoms with E-state index in [0.29, 0.717) is 12.1 Å². The van der Waals surface area contributed by atoms with Gasteiger partial charge in [0, 0.05) is 42.8 Å². The van der Waals surface area contributed by atoms with E-state index in [0.717, 1.165) is 43.9 Å². The highest BCUT2D eigenvalue weighted by Crippen LogP contribution is 2.30. The minimum absolute atomic E-state index is 0.333. The number of piperidine rings is 1. The van der Waals surface area contributed by atoms with E-state index in [1.165, 1.54) is 44.3 Å². The first kappa shape index (κ1) is 17.7. The lowest BCUT2D eigenvalue weighted by molar-refractivity contribution is 0.0149. The van der Waals surface area contributed by atoms with E-state index in [2.05, 4.69) is 27.2 Å². The number of nitrogens with one attached hydrogen (secondary N) is 1. The van der Waals surface area contributed by atoms with Gasteiger partial charge in [-0.15, -0.1) is 0 Å². The molecule has 3 saturated heterocycles. The molecule has 3 heterocycles. The van der Waals surface area contributed by atoms with Crippen LogP contribution in [0.4, 0.5) is 0 Å². The number of hydrogen-bond donors (Lipinski definition) is 1. The van der Waals surface area contributed by atoms with Crippen LogP contribution in [0, 0.1) is 0 Å². The Bertz CT molecular complexity index is 564. The van der Waals surface area contributed by atoms with Crippen molar-refractivity contribution in [1.29, 1.82) is 0 Å². The largest absolute Gasteiger partial charge is 0.379 e. The summed E-state index contributed by atoms with van der Waals surface area (Å²) in [7, 11) is 0. The number of nitrogens with zero attached hydrogens (tertiary/aromatic N) is 2. The van der Waals surface area contributed by atoms with E-state index in [1.807, 2.05) is 12.1 Å². The molecule has 0 unspecified atom stereocenters. The SMILES string of the molecule is Clc1ccccc1[C@H](CN[C@@H]1CCN2CCC[C@H]2C1)N1CCOCC1. The second kappa shape index (κ2) is 8.36. The predicted molar refractivity (Wildman–Crippen MR) is 102 cm³/mol. The van der Waals surface area contributed by atoms with Crippen molar-refractivity contribution in [1.82, 2.24) is 15.1 Å². The average Bonchev–Trinajstić information content (AvgIpc) is 3.12. The van der Waals surface area contributed by atoms with Crippen molar-refractivity contribution >= 4 is 11.6 Å². The molecule has 1 N–H and O–H groups in total. The molecule has 0 bridgehead atoms. The number of benzene rings is 1. The van der Waals surface area contributed by atoms with Gasteiger partial charge in [0.2, 0.25) is 0 Å². The maximum atomic E-state index is 6.54. The molecule has 0 radical (unpaired) electrons. The summed E-state index contributed by atoms with van der Waals surface area (Å²) >= 11 is 6.54. The third kappa shape index (κ3) is 4.20. The van der Waals surface area contributed by atoms with Gasteiger partial charge < -0.3 is 15.0 Å². The quantitative estimate of drug-likeness (QED) is 0.870. The van der Waals surface area contributed by atoms with Crippen LogP contribution in [0.5, 0.6) is 0 Å². The number of ether oxygens (including phenoxy) is 1. The number of hydrogen-bond acceptors (Lipinski definition) is 4. The van der Waals surface area contributed by atoms with Crippen molar-refractivity contribution in [3.8, 4) is 0 Å². The van der Waals surface area contributed by atoms with E-state index < -0.39 is 0 Å². The lowest BCUT2D eigenvalue weighted by Gasteiger charge is -2.39. The van der Waals surface area contributed by atoms with Gasteiger partial charge in [-0.2, -0.15) is 0 Å². The van der Waals surface area contributed by atoms with Gasteiger partial charge in [0.05, 0.1) is 13.2 Å². The molecule has 3 fully saturated rings. The van der Waals surface area contributed by atoms with Crippen LogP contribution in [0.15, 0.2) is 24.3 Å². The Morgan fingerprint density at radius 3 is 2.80 bits per heavy atom. The van der Waals surface area contributed by atoms with E-state index in [-0.39, 0.29) is 0 Å². The zero-order valence-electron chi connectivity index (χ0n) is 15.0. The molecule has 138 valence electrons. The first-order valence-electron chi connectivity index (χ1n) is 9.85. The first-order chi connectivity index (χ1) is 12.3. The molecule has 0 amide bonds. The van der Waals surface area contributed by atoms with Crippen LogP contribution in [-0.4, -0.2) is 67.8 Å². The Labute approximate surface area is 156 Å². The van der Waals surface area contributed by atoms with E-state index in [4.69, 9.17) is 16.3 Å². The Kier molecular flexibility index (Phi) is 5.94. The standard InChI is InChI=1S/C20H30ClN3O/c21-19-6-2-1-5-18(19)20(24-10-12-25-13-11-24)15-22-16-7-9-23-8-3-4-17(23)14-16/h1-2,5-6,16-17,20,22H,3-4,7-15H2/t16-,17+,20+/m1/s1. The van der Waals surface area contributed by atoms with Crippen molar-refractivity contribution in [2.45, 2.75) is 43.8 Å². The van der Waals surface area contributed by atoms with Gasteiger partial charge in [0.1, 0.15) is 0 Å². The highest BCUT2D eigenvalue weighted by molar-refractivity contribution is 6.31. The maximum absolute atomic E-state index is 6.54. The van der Waals surface area contributed by atoms with Crippen LogP contribution in [0.1, 0.15) is 37.3 Å². The first-order valence-corrected chi connectivity index (χ1v) is 10.2. The molecule has 0 aromatic heterocycles. The second-order valence-corrected chi connectivity index (χ2v) is 8.05. The highest BCUT2D eigenvalue weighted by atomic mass is 35.5. The van der Waals surface area contributed by atoms with Gasteiger partial charge in [0.25, 0.3) is 0 Å². The molecular formula is C20H30ClN3O. The van der Waals surface area contributed by atoms with Gasteiger partial charge in [-0.1, -0.05) is 29.8 Å². The van der Waals surface area contributed by atoms with Gasteiger partial charge in [-0.05, 0) is 50.4 Å². The van der Waals surface area contributed by atoms with Gasteiger partial charge >= 0.3 is 0 Å². The Hall–Kier alpha value is -0.650. The lowest BCUT2D eigenvalue weighted by Crippen LogP contribution is -2.49. The molecule has 1 aromatic rings. The summed E-state index contributed by atoms with van der Waals surface area (Å²) in [6, 6.07) is 10.1. The molecule has 0 saturated carbocycles. The van der Waals surface area contributed by atoms with Crippen molar-refractivity contribution < 1.29 is 4.74 Å². The molecule has 0 aliphatic carbocycles. The van der Waals surface area contributed by atoms with E-state index in [1.54, 1.807) is 0 Å². The fraction of sp³-hybridized carbons (Fsp3) is 0.700. The molecular weight excluding hydrogens is 334 g/mol. The molecule has 25 heavy (non-hydrogen) atoms. The van der Waals surface area contributed by atoms with Crippen LogP contribution >= 0.6 is 11.6 Å². The van der Waals surface area contributed by atoms with Crippen LogP contribution in [0.2, 0.25) is 5.02 Å². The third-order valence-electron chi connectivity index (χ3n) is 6.17. The molecule has 3 atom stereocenters. The number of rotatable bonds is 5. The molecule has 3 aliphatic heterocycles. The summed E-state index contributed by atoms with van der Waals surface area (Å²) in [4.78, 5) is 5.22. The molecule has 4 rings (SSSR count). The normalized spacial score (nSPS) is 29.5. The topological polar surface area (TPSA) is 27.7 Å².